The second-order valence-electron chi connectivity index (χ2n) is 6.70. The highest BCUT2D eigenvalue weighted by Crippen LogP contribution is 2.36. The average Bonchev–Trinajstić information content (AvgIpc) is 3.13. The molecule has 0 spiro atoms. The van der Waals surface area contributed by atoms with Gasteiger partial charge in [0, 0.05) is 18.8 Å². The van der Waals surface area contributed by atoms with Gasteiger partial charge in [-0.25, -0.2) is 4.79 Å². The number of carbonyl (C=O) groups excluding carboxylic acids is 1. The molecule has 2 saturated heterocycles. The highest BCUT2D eigenvalue weighted by molar-refractivity contribution is 7.38. The predicted octanol–water partition coefficient (Wildman–Crippen LogP) is 0.00580. The number of primary amides is 1. The molecule has 2 heterocycles. The van der Waals surface area contributed by atoms with Crippen LogP contribution in [0.25, 0.3) is 0 Å². The van der Waals surface area contributed by atoms with Gasteiger partial charge >= 0.3 is 22.3 Å². The van der Waals surface area contributed by atoms with Gasteiger partial charge in [-0.1, -0.05) is 0 Å². The number of hydrogen-bond acceptors (Lipinski definition) is 11. The zero-order valence-corrected chi connectivity index (χ0v) is 18.8. The maximum atomic E-state index is 12.4. The normalized spacial score (nSPS) is 37.2. The molecule has 0 aromatic rings. The van der Waals surface area contributed by atoms with Crippen molar-refractivity contribution in [1.29, 1.82) is 0 Å². The molecule has 15 heteroatoms. The molecule has 172 valence electrons. The molecule has 2 fully saturated rings. The minimum absolute atomic E-state index is 0.173. The number of methoxy groups -OCH3 is 2. The molecule has 2 amide bonds. The molecule has 13 nitrogen and oxygen atoms in total. The second kappa shape index (κ2) is 11.7. The number of amides is 2. The Morgan fingerprint density at radius 1 is 1.07 bits per heavy atom. The summed E-state index contributed by atoms with van der Waals surface area (Å²) >= 11 is 0. The minimum Gasteiger partial charge on any atom is -0.387 e. The summed E-state index contributed by atoms with van der Waals surface area (Å²) in [5.41, 5.74) is 5.13. The van der Waals surface area contributed by atoms with Gasteiger partial charge < -0.3 is 35.1 Å². The van der Waals surface area contributed by atoms with E-state index < -0.39 is 65.2 Å². The number of carbonyl (C=O) groups is 1. The summed E-state index contributed by atoms with van der Waals surface area (Å²) in [5.74, 6) is 0. The van der Waals surface area contributed by atoms with E-state index >= 15 is 0 Å². The van der Waals surface area contributed by atoms with Crippen LogP contribution < -0.4 is 11.1 Å². The number of hydrogen-bond donors (Lipinski definition) is 3. The topological polar surface area (TPSA) is 174 Å². The largest absolute Gasteiger partial charge is 0.697 e. The van der Waals surface area contributed by atoms with Crippen LogP contribution >= 0.6 is 16.3 Å². The molecule has 30 heavy (non-hydrogen) atoms. The lowest BCUT2D eigenvalue weighted by Gasteiger charge is -2.18. The Morgan fingerprint density at radius 2 is 1.70 bits per heavy atom. The van der Waals surface area contributed by atoms with Crippen molar-refractivity contribution in [3.8, 4) is 0 Å². The minimum atomic E-state index is -2.70. The van der Waals surface area contributed by atoms with Gasteiger partial charge in [0.25, 0.3) is 0 Å². The molecule has 0 aromatic carbocycles. The number of aliphatic hydroxyl groups excluding tert-OH is 1. The van der Waals surface area contributed by atoms with Crippen LogP contribution in [0.15, 0.2) is 0 Å². The van der Waals surface area contributed by atoms with E-state index in [0.29, 0.717) is 0 Å². The smallest absolute Gasteiger partial charge is 0.387 e. The molecule has 5 unspecified atom stereocenters. The molecular formula is C15H28N2O11P2+2. The Morgan fingerprint density at radius 3 is 2.23 bits per heavy atom. The third kappa shape index (κ3) is 6.57. The van der Waals surface area contributed by atoms with Crippen LogP contribution in [0.2, 0.25) is 0 Å². The molecule has 4 N–H and O–H groups in total. The van der Waals surface area contributed by atoms with Gasteiger partial charge in [0.05, 0.1) is 6.10 Å². The standard InChI is InChI=1S/C15H27N2O11P2/c1-7-11(22-2)10(18)8(26-7)5-25-30(21)28-12-9(6-24-29(4)20)27-14(13(12)23-3)17-15(16)19/h7-14,18H,5-6H2,1-4H3,(H2-,16,17,19)/q+1/p+1/t7-,8+,9+,10-,11?,12?,13?,14+/m0/s1. The Bertz CT molecular complexity index is 627. The molecule has 2 aliphatic rings. The number of nitrogens with one attached hydrogen (secondary N) is 1. The van der Waals surface area contributed by atoms with Crippen LogP contribution in [0, 0.1) is 0 Å². The lowest BCUT2D eigenvalue weighted by molar-refractivity contribution is -0.0262. The Hall–Kier alpha value is -0.850. The lowest BCUT2D eigenvalue weighted by Crippen LogP contribution is -2.47. The number of nitrogens with two attached hydrogens (primary N) is 1. The molecule has 0 radical (unpaired) electrons. The summed E-state index contributed by atoms with van der Waals surface area (Å²) in [6.45, 7) is 2.71. The summed E-state index contributed by atoms with van der Waals surface area (Å²) in [4.78, 5) is 11.2. The van der Waals surface area contributed by atoms with Gasteiger partial charge in [0.1, 0.15) is 43.7 Å². The SMILES string of the molecule is COC1C(O[P+](=O)OC[C@H]2O[C@@H](C)C(OC)[C@H]2O)[C@@H](CO[P+](C)=O)O[C@H]1NC(N)=O. The highest BCUT2D eigenvalue weighted by Gasteiger charge is 2.52. The van der Waals surface area contributed by atoms with Crippen molar-refractivity contribution in [2.75, 3.05) is 34.1 Å². The number of urea groups is 1. The first kappa shape index (κ1) is 25.4. The molecule has 0 aliphatic carbocycles. The van der Waals surface area contributed by atoms with E-state index in [1.807, 2.05) is 0 Å². The zero-order valence-electron chi connectivity index (χ0n) is 17.0. The summed E-state index contributed by atoms with van der Waals surface area (Å²) in [5, 5.41) is 12.5. The summed E-state index contributed by atoms with van der Waals surface area (Å²) in [7, 11) is -1.84. The number of rotatable bonds is 11. The molecule has 0 aromatic heterocycles. The summed E-state index contributed by atoms with van der Waals surface area (Å²) < 4.78 is 61.0. The van der Waals surface area contributed by atoms with Crippen molar-refractivity contribution in [3.63, 3.8) is 0 Å². The van der Waals surface area contributed by atoms with Crippen molar-refractivity contribution in [2.45, 2.75) is 55.9 Å². The van der Waals surface area contributed by atoms with Gasteiger partial charge in [-0.2, -0.15) is 0 Å². The fourth-order valence-electron chi connectivity index (χ4n) is 3.34. The maximum Gasteiger partial charge on any atom is 0.697 e. The summed E-state index contributed by atoms with van der Waals surface area (Å²) in [6.07, 6.45) is -6.38. The van der Waals surface area contributed by atoms with E-state index in [-0.39, 0.29) is 19.3 Å². The van der Waals surface area contributed by atoms with Crippen molar-refractivity contribution < 1.29 is 51.5 Å². The highest BCUT2D eigenvalue weighted by atomic mass is 31.1. The van der Waals surface area contributed by atoms with E-state index in [4.69, 9.17) is 38.3 Å². The van der Waals surface area contributed by atoms with Crippen molar-refractivity contribution >= 4 is 22.3 Å². The van der Waals surface area contributed by atoms with Crippen molar-refractivity contribution in [2.24, 2.45) is 5.73 Å². The maximum absolute atomic E-state index is 12.4. The van der Waals surface area contributed by atoms with E-state index in [1.54, 1.807) is 6.92 Å². The third-order valence-electron chi connectivity index (χ3n) is 4.68. The molecule has 10 atom stereocenters. The van der Waals surface area contributed by atoms with Crippen molar-refractivity contribution in [1.82, 2.24) is 5.32 Å². The monoisotopic (exact) mass is 474 g/mol. The Labute approximate surface area is 175 Å². The molecule has 2 aliphatic heterocycles. The zero-order chi connectivity index (χ0) is 22.4. The van der Waals surface area contributed by atoms with Crippen LogP contribution in [-0.4, -0.2) is 94.2 Å². The van der Waals surface area contributed by atoms with Gasteiger partial charge in [0.2, 0.25) is 0 Å². The Kier molecular flexibility index (Phi) is 9.89. The first-order chi connectivity index (χ1) is 14.2. The second-order valence-corrected chi connectivity index (χ2v) is 8.75. The van der Waals surface area contributed by atoms with Crippen LogP contribution in [0.1, 0.15) is 6.92 Å². The molecule has 0 saturated carbocycles. The lowest BCUT2D eigenvalue weighted by atomic mass is 10.1. The third-order valence-corrected chi connectivity index (χ3v) is 5.97. The van der Waals surface area contributed by atoms with Crippen LogP contribution in [0.3, 0.4) is 0 Å². The number of aliphatic hydroxyl groups is 1. The van der Waals surface area contributed by atoms with E-state index in [1.165, 1.54) is 20.9 Å². The molecule has 0 bridgehead atoms. The quantitative estimate of drug-likeness (QED) is 0.344. The van der Waals surface area contributed by atoms with Crippen molar-refractivity contribution in [3.05, 3.63) is 0 Å². The van der Waals surface area contributed by atoms with Gasteiger partial charge in [0.15, 0.2) is 19.0 Å². The van der Waals surface area contributed by atoms with E-state index in [0.717, 1.165) is 0 Å². The van der Waals surface area contributed by atoms with Gasteiger partial charge in [-0.3, -0.25) is 0 Å². The van der Waals surface area contributed by atoms with Crippen LogP contribution in [-0.2, 0) is 41.6 Å². The number of ether oxygens (including phenoxy) is 4. The first-order valence-corrected chi connectivity index (χ1v) is 11.8. The summed E-state index contributed by atoms with van der Waals surface area (Å²) in [6, 6.07) is -0.862. The average molecular weight is 474 g/mol. The molecular weight excluding hydrogens is 446 g/mol. The first-order valence-electron chi connectivity index (χ1n) is 9.09. The Balaban J connectivity index is 1.98. The fourth-order valence-corrected chi connectivity index (χ4v) is 4.48. The van der Waals surface area contributed by atoms with Crippen LogP contribution in [0.4, 0.5) is 4.79 Å². The van der Waals surface area contributed by atoms with Crippen LogP contribution in [0.5, 0.6) is 0 Å². The van der Waals surface area contributed by atoms with E-state index in [9.17, 15) is 19.0 Å². The van der Waals surface area contributed by atoms with Gasteiger partial charge in [-0.05, 0) is 11.5 Å². The van der Waals surface area contributed by atoms with E-state index in [2.05, 4.69) is 5.32 Å². The van der Waals surface area contributed by atoms with Gasteiger partial charge in [-0.15, -0.1) is 13.6 Å². The fraction of sp³-hybridized carbons (Fsp3) is 0.933. The molecule has 2 rings (SSSR count). The predicted molar refractivity (Wildman–Crippen MR) is 101 cm³/mol.